The Hall–Kier alpha value is -2.55. The van der Waals surface area contributed by atoms with E-state index in [9.17, 15) is 4.79 Å². The van der Waals surface area contributed by atoms with E-state index in [1.165, 1.54) is 16.5 Å². The fourth-order valence-electron chi connectivity index (χ4n) is 3.49. The third-order valence-electron chi connectivity index (χ3n) is 5.12. The van der Waals surface area contributed by atoms with Crippen molar-refractivity contribution in [3.05, 3.63) is 71.5 Å². The van der Waals surface area contributed by atoms with Gasteiger partial charge in [-0.1, -0.05) is 48.5 Å². The van der Waals surface area contributed by atoms with E-state index in [2.05, 4.69) is 41.7 Å². The van der Waals surface area contributed by atoms with Crippen LogP contribution in [0.3, 0.4) is 0 Å². The van der Waals surface area contributed by atoms with Crippen LogP contribution in [0.4, 0.5) is 0 Å². The van der Waals surface area contributed by atoms with Crippen LogP contribution in [0, 0.1) is 5.92 Å². The van der Waals surface area contributed by atoms with Crippen molar-refractivity contribution in [1.82, 2.24) is 5.32 Å². The van der Waals surface area contributed by atoms with Crippen molar-refractivity contribution in [2.45, 2.75) is 38.5 Å². The summed E-state index contributed by atoms with van der Waals surface area (Å²) in [5.74, 6) is 1.60. The summed E-state index contributed by atoms with van der Waals surface area (Å²) in [5.41, 5.74) is 3.60. The summed E-state index contributed by atoms with van der Waals surface area (Å²) < 4.78 is 6.16. The smallest absolute Gasteiger partial charge is 0.223 e. The fourth-order valence-corrected chi connectivity index (χ4v) is 3.49. The first-order valence-electron chi connectivity index (χ1n) is 9.62. The normalized spacial score (nSPS) is 13.8. The molecule has 1 fully saturated rings. The number of benzene rings is 2. The van der Waals surface area contributed by atoms with Crippen molar-refractivity contribution in [2.24, 2.45) is 5.92 Å². The summed E-state index contributed by atoms with van der Waals surface area (Å²) >= 11 is 0. The van der Waals surface area contributed by atoms with Gasteiger partial charge in [0.15, 0.2) is 0 Å². The second-order valence-corrected chi connectivity index (χ2v) is 7.15. The molecule has 0 aliphatic heterocycles. The Labute approximate surface area is 154 Å². The van der Waals surface area contributed by atoms with Gasteiger partial charge in [-0.2, -0.15) is 0 Å². The standard InChI is InChI=1S/C23H25NO2/c25-23(18-13-14-18)24-16-6-10-20-19-9-4-5-11-21(19)26-22(20)15-12-17-7-2-1-3-8-17/h1-5,7-9,11,18H,6,10,12-16H2,(H,24,25). The van der Waals surface area contributed by atoms with Gasteiger partial charge in [0.05, 0.1) is 0 Å². The molecule has 4 rings (SSSR count). The van der Waals surface area contributed by atoms with E-state index in [1.54, 1.807) is 0 Å². The van der Waals surface area contributed by atoms with Gasteiger partial charge >= 0.3 is 0 Å². The molecule has 1 aliphatic carbocycles. The molecule has 3 aromatic rings. The molecule has 0 radical (unpaired) electrons. The maximum Gasteiger partial charge on any atom is 0.223 e. The van der Waals surface area contributed by atoms with E-state index in [4.69, 9.17) is 4.42 Å². The summed E-state index contributed by atoms with van der Waals surface area (Å²) in [6.45, 7) is 0.743. The monoisotopic (exact) mass is 347 g/mol. The second-order valence-electron chi connectivity index (χ2n) is 7.15. The van der Waals surface area contributed by atoms with Crippen molar-refractivity contribution in [3.8, 4) is 0 Å². The quantitative estimate of drug-likeness (QED) is 0.601. The molecule has 0 atom stereocenters. The first-order chi connectivity index (χ1) is 12.8. The van der Waals surface area contributed by atoms with Gasteiger partial charge in [-0.3, -0.25) is 4.79 Å². The lowest BCUT2D eigenvalue weighted by Crippen LogP contribution is -2.26. The van der Waals surface area contributed by atoms with Gasteiger partial charge in [0.1, 0.15) is 11.3 Å². The van der Waals surface area contributed by atoms with E-state index in [-0.39, 0.29) is 11.8 Å². The van der Waals surface area contributed by atoms with E-state index >= 15 is 0 Å². The molecular weight excluding hydrogens is 322 g/mol. The molecule has 1 heterocycles. The van der Waals surface area contributed by atoms with Crippen molar-refractivity contribution in [3.63, 3.8) is 0 Å². The summed E-state index contributed by atoms with van der Waals surface area (Å²) in [7, 11) is 0. The number of amides is 1. The lowest BCUT2D eigenvalue weighted by atomic mass is 10.0. The Morgan fingerprint density at radius 1 is 0.962 bits per heavy atom. The maximum absolute atomic E-state index is 11.8. The predicted octanol–water partition coefficient (Wildman–Crippen LogP) is 4.68. The molecule has 0 bridgehead atoms. The molecule has 1 aromatic heterocycles. The Bertz CT molecular complexity index is 878. The topological polar surface area (TPSA) is 42.2 Å². The van der Waals surface area contributed by atoms with Crippen molar-refractivity contribution in [1.29, 1.82) is 0 Å². The van der Waals surface area contributed by atoms with E-state index < -0.39 is 0 Å². The van der Waals surface area contributed by atoms with Crippen LogP contribution in [-0.2, 0) is 24.1 Å². The predicted molar refractivity (Wildman–Crippen MR) is 104 cm³/mol. The number of aryl methyl sites for hydroxylation is 3. The van der Waals surface area contributed by atoms with Crippen LogP contribution in [0.15, 0.2) is 59.0 Å². The largest absolute Gasteiger partial charge is 0.461 e. The van der Waals surface area contributed by atoms with Gasteiger partial charge in [-0.05, 0) is 43.7 Å². The van der Waals surface area contributed by atoms with Crippen LogP contribution in [-0.4, -0.2) is 12.5 Å². The highest BCUT2D eigenvalue weighted by Crippen LogP contribution is 2.29. The van der Waals surface area contributed by atoms with Crippen LogP contribution >= 0.6 is 0 Å². The summed E-state index contributed by atoms with van der Waals surface area (Å²) in [6.07, 6.45) is 5.88. The number of para-hydroxylation sites is 1. The maximum atomic E-state index is 11.8. The number of fused-ring (bicyclic) bond motifs is 1. The van der Waals surface area contributed by atoms with Gasteiger partial charge < -0.3 is 9.73 Å². The zero-order valence-corrected chi connectivity index (χ0v) is 15.0. The number of nitrogens with one attached hydrogen (secondary N) is 1. The molecule has 1 N–H and O–H groups in total. The molecule has 134 valence electrons. The number of rotatable bonds is 8. The summed E-state index contributed by atoms with van der Waals surface area (Å²) in [6, 6.07) is 18.8. The van der Waals surface area contributed by atoms with Gasteiger partial charge in [-0.25, -0.2) is 0 Å². The minimum absolute atomic E-state index is 0.228. The van der Waals surface area contributed by atoms with Gasteiger partial charge in [0.2, 0.25) is 5.91 Å². The molecule has 1 amide bonds. The van der Waals surface area contributed by atoms with Crippen LogP contribution in [0.25, 0.3) is 11.0 Å². The Balaban J connectivity index is 1.43. The molecule has 1 aliphatic rings. The van der Waals surface area contributed by atoms with Gasteiger partial charge in [-0.15, -0.1) is 0 Å². The Morgan fingerprint density at radius 3 is 2.54 bits per heavy atom. The summed E-state index contributed by atoms with van der Waals surface area (Å²) in [4.78, 5) is 11.8. The van der Waals surface area contributed by atoms with Gasteiger partial charge in [0, 0.05) is 29.8 Å². The average Bonchev–Trinajstić information content (AvgIpc) is 3.47. The first kappa shape index (κ1) is 16.9. The zero-order valence-electron chi connectivity index (χ0n) is 15.0. The molecule has 3 nitrogen and oxygen atoms in total. The minimum Gasteiger partial charge on any atom is -0.461 e. The first-order valence-corrected chi connectivity index (χ1v) is 9.62. The highest BCUT2D eigenvalue weighted by atomic mass is 16.3. The lowest BCUT2D eigenvalue weighted by molar-refractivity contribution is -0.122. The van der Waals surface area contributed by atoms with E-state index in [0.717, 1.165) is 56.4 Å². The number of furan rings is 1. The third kappa shape index (κ3) is 3.98. The highest BCUT2D eigenvalue weighted by molar-refractivity contribution is 5.82. The molecule has 3 heteroatoms. The van der Waals surface area contributed by atoms with E-state index in [1.807, 2.05) is 18.2 Å². The van der Waals surface area contributed by atoms with Crippen LogP contribution < -0.4 is 5.32 Å². The lowest BCUT2D eigenvalue weighted by Gasteiger charge is -2.06. The minimum atomic E-state index is 0.228. The fraction of sp³-hybridized carbons (Fsp3) is 0.348. The molecule has 2 aromatic carbocycles. The molecule has 26 heavy (non-hydrogen) atoms. The molecule has 0 unspecified atom stereocenters. The molecule has 1 saturated carbocycles. The van der Waals surface area contributed by atoms with Crippen molar-refractivity contribution >= 4 is 16.9 Å². The Morgan fingerprint density at radius 2 is 1.73 bits per heavy atom. The number of carbonyl (C=O) groups excluding carboxylic acids is 1. The van der Waals surface area contributed by atoms with Crippen LogP contribution in [0.5, 0.6) is 0 Å². The highest BCUT2D eigenvalue weighted by Gasteiger charge is 2.29. The SMILES string of the molecule is O=C(NCCCc1c(CCc2ccccc2)oc2ccccc12)C1CC1. The van der Waals surface area contributed by atoms with Gasteiger partial charge in [0.25, 0.3) is 0 Å². The third-order valence-corrected chi connectivity index (χ3v) is 5.12. The van der Waals surface area contributed by atoms with Crippen LogP contribution in [0.1, 0.15) is 36.1 Å². The van der Waals surface area contributed by atoms with Crippen molar-refractivity contribution in [2.75, 3.05) is 6.54 Å². The summed E-state index contributed by atoms with van der Waals surface area (Å²) in [5, 5.41) is 4.27. The number of hydrogen-bond acceptors (Lipinski definition) is 2. The van der Waals surface area contributed by atoms with E-state index in [0.29, 0.717) is 0 Å². The number of hydrogen-bond donors (Lipinski definition) is 1. The zero-order chi connectivity index (χ0) is 17.8. The molecule has 0 spiro atoms. The Kier molecular flexibility index (Phi) is 5.05. The second kappa shape index (κ2) is 7.77. The average molecular weight is 347 g/mol. The number of carbonyl (C=O) groups is 1. The molecular formula is C23H25NO2. The molecule has 0 saturated heterocycles. The van der Waals surface area contributed by atoms with Crippen molar-refractivity contribution < 1.29 is 9.21 Å². The van der Waals surface area contributed by atoms with Crippen LogP contribution in [0.2, 0.25) is 0 Å².